The number of carboxylic acids is 1. The predicted octanol–water partition coefficient (Wildman–Crippen LogP) is -3.64. The molecule has 0 radical (unpaired) electrons. The fourth-order valence-corrected chi connectivity index (χ4v) is 1.32. The van der Waals surface area contributed by atoms with Crippen LogP contribution in [-0.4, -0.2) is 80.8 Å². The van der Waals surface area contributed by atoms with Crippen LogP contribution in [0.25, 0.3) is 0 Å². The Kier molecular flexibility index (Phi) is 8.66. The fraction of sp³-hybridized carbons (Fsp3) is 0.727. The third kappa shape index (κ3) is 6.60. The van der Waals surface area contributed by atoms with Gasteiger partial charge in [-0.25, -0.2) is 0 Å². The molecule has 10 heteroatoms. The van der Waals surface area contributed by atoms with Crippen molar-refractivity contribution in [1.29, 1.82) is 0 Å². The molecule has 0 aromatic rings. The van der Waals surface area contributed by atoms with Crippen molar-refractivity contribution in [3.8, 4) is 0 Å². The zero-order valence-electron chi connectivity index (χ0n) is 11.0. The number of nitrogens with two attached hydrogens (primary N) is 1. The van der Waals surface area contributed by atoms with E-state index in [0.717, 1.165) is 0 Å². The number of carboxylic acid groups (broad SMARTS) is 1. The van der Waals surface area contributed by atoms with Crippen LogP contribution in [0.3, 0.4) is 0 Å². The standard InChI is InChI=1S/C11H19NO9/c12-5(11(19)20)1-2-8(16)21-7(4-14)10(18)9(17)6(15)3-13/h4-7,9-10,13,15,17-18H,1-3,12H2,(H,19,20)/t5?,6-,7-,9-,10-/m1/s1. The van der Waals surface area contributed by atoms with Crippen molar-refractivity contribution < 1.29 is 44.7 Å². The zero-order valence-corrected chi connectivity index (χ0v) is 11.0. The van der Waals surface area contributed by atoms with Gasteiger partial charge in [0, 0.05) is 6.42 Å². The molecular formula is C11H19NO9. The molecule has 0 spiro atoms. The van der Waals surface area contributed by atoms with Gasteiger partial charge in [-0.05, 0) is 6.42 Å². The second kappa shape index (κ2) is 9.37. The number of esters is 1. The van der Waals surface area contributed by atoms with Crippen LogP contribution in [0.5, 0.6) is 0 Å². The Morgan fingerprint density at radius 3 is 2.19 bits per heavy atom. The summed E-state index contributed by atoms with van der Waals surface area (Å²) in [5.41, 5.74) is 5.17. The van der Waals surface area contributed by atoms with Crippen LogP contribution >= 0.6 is 0 Å². The van der Waals surface area contributed by atoms with Crippen molar-refractivity contribution in [2.24, 2.45) is 5.73 Å². The first-order chi connectivity index (χ1) is 9.74. The Hall–Kier alpha value is -1.59. The van der Waals surface area contributed by atoms with E-state index >= 15 is 0 Å². The van der Waals surface area contributed by atoms with E-state index in [4.69, 9.17) is 21.1 Å². The average molecular weight is 309 g/mol. The lowest BCUT2D eigenvalue weighted by atomic mass is 10.0. The van der Waals surface area contributed by atoms with Gasteiger partial charge in [0.15, 0.2) is 12.4 Å². The minimum atomic E-state index is -1.94. The predicted molar refractivity (Wildman–Crippen MR) is 65.9 cm³/mol. The number of aliphatic hydroxyl groups is 4. The smallest absolute Gasteiger partial charge is 0.320 e. The second-order valence-electron chi connectivity index (χ2n) is 4.31. The molecule has 21 heavy (non-hydrogen) atoms. The molecule has 10 nitrogen and oxygen atoms in total. The highest BCUT2D eigenvalue weighted by atomic mass is 16.6. The molecule has 7 N–H and O–H groups in total. The first kappa shape index (κ1) is 19.4. The summed E-state index contributed by atoms with van der Waals surface area (Å²) in [5, 5.41) is 45.2. The molecule has 0 aliphatic carbocycles. The molecule has 0 fully saturated rings. The topological polar surface area (TPSA) is 188 Å². The van der Waals surface area contributed by atoms with Crippen LogP contribution in [0.1, 0.15) is 12.8 Å². The van der Waals surface area contributed by atoms with Gasteiger partial charge in [0.2, 0.25) is 0 Å². The summed E-state index contributed by atoms with van der Waals surface area (Å²) in [4.78, 5) is 32.5. The largest absolute Gasteiger partial charge is 0.480 e. The normalized spacial score (nSPS) is 18.1. The van der Waals surface area contributed by atoms with Crippen molar-refractivity contribution in [2.45, 2.75) is 43.3 Å². The summed E-state index contributed by atoms with van der Waals surface area (Å²) in [6.45, 7) is -0.870. The van der Waals surface area contributed by atoms with Gasteiger partial charge >= 0.3 is 11.9 Å². The van der Waals surface area contributed by atoms with E-state index < -0.39 is 55.4 Å². The maximum absolute atomic E-state index is 11.4. The highest BCUT2D eigenvalue weighted by molar-refractivity contribution is 5.76. The van der Waals surface area contributed by atoms with Crippen LogP contribution in [0.4, 0.5) is 0 Å². The number of aliphatic hydroxyl groups excluding tert-OH is 4. The minimum absolute atomic E-state index is 0.0347. The SMILES string of the molecule is NC(CCC(=O)O[C@H](C=O)[C@@H](O)[C@H](O)[C@H](O)CO)C(=O)O. The molecular weight excluding hydrogens is 290 g/mol. The number of hydrogen-bond acceptors (Lipinski definition) is 9. The van der Waals surface area contributed by atoms with Crippen molar-refractivity contribution in [1.82, 2.24) is 0 Å². The van der Waals surface area contributed by atoms with E-state index in [1.807, 2.05) is 0 Å². The van der Waals surface area contributed by atoms with Crippen molar-refractivity contribution in [3.63, 3.8) is 0 Å². The number of carbonyl (C=O) groups is 3. The summed E-state index contributed by atoms with van der Waals surface area (Å²) in [7, 11) is 0. The number of hydrogen-bond donors (Lipinski definition) is 6. The molecule has 0 bridgehead atoms. The summed E-state index contributed by atoms with van der Waals surface area (Å²) in [5.74, 6) is -2.31. The monoisotopic (exact) mass is 309 g/mol. The fourth-order valence-electron chi connectivity index (χ4n) is 1.32. The van der Waals surface area contributed by atoms with Crippen LogP contribution in [0, 0.1) is 0 Å². The molecule has 0 aromatic heterocycles. The van der Waals surface area contributed by atoms with Gasteiger partial charge in [0.1, 0.15) is 24.4 Å². The van der Waals surface area contributed by atoms with Crippen molar-refractivity contribution >= 4 is 18.2 Å². The third-order valence-corrected chi connectivity index (χ3v) is 2.65. The maximum Gasteiger partial charge on any atom is 0.320 e. The van der Waals surface area contributed by atoms with E-state index in [-0.39, 0.29) is 12.7 Å². The molecule has 0 rings (SSSR count). The van der Waals surface area contributed by atoms with E-state index in [1.165, 1.54) is 0 Å². The maximum atomic E-state index is 11.4. The molecule has 1 unspecified atom stereocenters. The number of aliphatic carboxylic acids is 1. The lowest BCUT2D eigenvalue weighted by Gasteiger charge is -2.25. The Morgan fingerprint density at radius 1 is 1.19 bits per heavy atom. The van der Waals surface area contributed by atoms with Gasteiger partial charge in [0.05, 0.1) is 6.61 Å². The quantitative estimate of drug-likeness (QED) is 0.173. The molecule has 0 heterocycles. The van der Waals surface area contributed by atoms with Crippen LogP contribution in [0.2, 0.25) is 0 Å². The number of ether oxygens (including phenoxy) is 1. The van der Waals surface area contributed by atoms with Crippen molar-refractivity contribution in [2.75, 3.05) is 6.61 Å². The number of rotatable bonds is 10. The molecule has 0 saturated carbocycles. The lowest BCUT2D eigenvalue weighted by Crippen LogP contribution is -2.48. The average Bonchev–Trinajstić information content (AvgIpc) is 2.47. The molecule has 0 aliphatic heterocycles. The van der Waals surface area contributed by atoms with Gasteiger partial charge in [-0.3, -0.25) is 14.4 Å². The van der Waals surface area contributed by atoms with Crippen LogP contribution in [-0.2, 0) is 19.1 Å². The van der Waals surface area contributed by atoms with E-state index in [9.17, 15) is 24.6 Å². The molecule has 5 atom stereocenters. The zero-order chi connectivity index (χ0) is 16.6. The van der Waals surface area contributed by atoms with Gasteiger partial charge in [-0.15, -0.1) is 0 Å². The summed E-state index contributed by atoms with van der Waals surface area (Å²) in [6, 6.07) is -1.28. The lowest BCUT2D eigenvalue weighted by molar-refractivity contribution is -0.168. The van der Waals surface area contributed by atoms with Gasteiger partial charge < -0.3 is 36.0 Å². The Balaban J connectivity index is 4.45. The van der Waals surface area contributed by atoms with Crippen LogP contribution < -0.4 is 5.73 Å². The summed E-state index contributed by atoms with van der Waals surface area (Å²) < 4.78 is 4.55. The van der Waals surface area contributed by atoms with Gasteiger partial charge in [0.25, 0.3) is 0 Å². The van der Waals surface area contributed by atoms with Crippen LogP contribution in [0.15, 0.2) is 0 Å². The molecule has 0 amide bonds. The first-order valence-corrected chi connectivity index (χ1v) is 6.02. The first-order valence-electron chi connectivity index (χ1n) is 6.02. The van der Waals surface area contributed by atoms with Gasteiger partial charge in [-0.2, -0.15) is 0 Å². The Labute approximate surface area is 119 Å². The molecule has 0 saturated heterocycles. The second-order valence-corrected chi connectivity index (χ2v) is 4.31. The number of carbonyl (C=O) groups excluding carboxylic acids is 2. The summed E-state index contributed by atoms with van der Waals surface area (Å²) >= 11 is 0. The van der Waals surface area contributed by atoms with E-state index in [0.29, 0.717) is 0 Å². The minimum Gasteiger partial charge on any atom is -0.480 e. The molecule has 0 aliphatic rings. The van der Waals surface area contributed by atoms with Crippen molar-refractivity contribution in [3.05, 3.63) is 0 Å². The highest BCUT2D eigenvalue weighted by Gasteiger charge is 2.33. The Bertz CT molecular complexity index is 362. The Morgan fingerprint density at radius 2 is 1.76 bits per heavy atom. The number of aldehydes is 1. The van der Waals surface area contributed by atoms with E-state index in [1.54, 1.807) is 0 Å². The molecule has 122 valence electrons. The van der Waals surface area contributed by atoms with Gasteiger partial charge in [-0.1, -0.05) is 0 Å². The van der Waals surface area contributed by atoms with E-state index in [2.05, 4.69) is 4.74 Å². The highest BCUT2D eigenvalue weighted by Crippen LogP contribution is 2.09. The molecule has 0 aromatic carbocycles. The summed E-state index contributed by atoms with van der Waals surface area (Å²) in [6.07, 6.45) is -7.95. The third-order valence-electron chi connectivity index (χ3n) is 2.65.